The van der Waals surface area contributed by atoms with Gasteiger partial charge in [-0.15, -0.1) is 0 Å². The molecule has 0 aromatic carbocycles. The molecule has 0 radical (unpaired) electrons. The standard InChI is InChI=1S/C11H19N3S/c1(2-11-13-6-7-14-11)5-12-10-3-8-15-9-4-10/h6-7,10,12H,1-5,8-9H2,(H,13,14). The number of aromatic amines is 1. The van der Waals surface area contributed by atoms with E-state index in [9.17, 15) is 0 Å². The number of H-pyrrole nitrogens is 1. The van der Waals surface area contributed by atoms with E-state index >= 15 is 0 Å². The van der Waals surface area contributed by atoms with E-state index in [2.05, 4.69) is 27.0 Å². The Hall–Kier alpha value is -0.480. The number of rotatable bonds is 5. The van der Waals surface area contributed by atoms with Crippen LogP contribution >= 0.6 is 11.8 Å². The number of nitrogens with zero attached hydrogens (tertiary/aromatic N) is 1. The second kappa shape index (κ2) is 6.18. The Labute approximate surface area is 95.4 Å². The smallest absolute Gasteiger partial charge is 0.106 e. The second-order valence-electron chi connectivity index (χ2n) is 3.98. The first-order valence-electron chi connectivity index (χ1n) is 5.74. The van der Waals surface area contributed by atoms with Crippen molar-refractivity contribution in [1.82, 2.24) is 15.3 Å². The Bertz CT molecular complexity index is 255. The zero-order valence-corrected chi connectivity index (χ0v) is 9.85. The summed E-state index contributed by atoms with van der Waals surface area (Å²) < 4.78 is 0. The van der Waals surface area contributed by atoms with Crippen molar-refractivity contribution in [3.05, 3.63) is 18.2 Å². The molecule has 0 unspecified atom stereocenters. The van der Waals surface area contributed by atoms with E-state index in [4.69, 9.17) is 0 Å². The van der Waals surface area contributed by atoms with E-state index in [1.54, 1.807) is 0 Å². The molecule has 1 aromatic heterocycles. The SMILES string of the molecule is c1c[nH]c(CCCNC2CCSCC2)n1. The van der Waals surface area contributed by atoms with E-state index < -0.39 is 0 Å². The lowest BCUT2D eigenvalue weighted by Gasteiger charge is -2.22. The van der Waals surface area contributed by atoms with Crippen LogP contribution in [0, 0.1) is 0 Å². The summed E-state index contributed by atoms with van der Waals surface area (Å²) in [6.45, 7) is 1.12. The molecule has 0 bridgehead atoms. The Morgan fingerprint density at radius 2 is 2.33 bits per heavy atom. The van der Waals surface area contributed by atoms with Gasteiger partial charge in [-0.05, 0) is 37.3 Å². The Morgan fingerprint density at radius 3 is 3.07 bits per heavy atom. The fourth-order valence-corrected chi connectivity index (χ4v) is 3.00. The van der Waals surface area contributed by atoms with E-state index in [-0.39, 0.29) is 0 Å². The summed E-state index contributed by atoms with van der Waals surface area (Å²) >= 11 is 2.08. The van der Waals surface area contributed by atoms with Gasteiger partial charge in [0.05, 0.1) is 0 Å². The highest BCUT2D eigenvalue weighted by molar-refractivity contribution is 7.99. The van der Waals surface area contributed by atoms with Crippen molar-refractivity contribution in [1.29, 1.82) is 0 Å². The van der Waals surface area contributed by atoms with Gasteiger partial charge < -0.3 is 10.3 Å². The summed E-state index contributed by atoms with van der Waals surface area (Å²) in [4.78, 5) is 7.35. The van der Waals surface area contributed by atoms with E-state index in [1.807, 2.05) is 12.4 Å². The number of aryl methyl sites for hydroxylation is 1. The van der Waals surface area contributed by atoms with Gasteiger partial charge in [-0.3, -0.25) is 0 Å². The fraction of sp³-hybridized carbons (Fsp3) is 0.727. The number of nitrogens with one attached hydrogen (secondary N) is 2. The number of imidazole rings is 1. The van der Waals surface area contributed by atoms with Crippen LogP contribution in [0.25, 0.3) is 0 Å². The van der Waals surface area contributed by atoms with Crippen LogP contribution in [0.15, 0.2) is 12.4 Å². The zero-order valence-electron chi connectivity index (χ0n) is 9.04. The van der Waals surface area contributed by atoms with E-state index in [1.165, 1.54) is 30.8 Å². The molecule has 1 saturated heterocycles. The van der Waals surface area contributed by atoms with Gasteiger partial charge in [-0.25, -0.2) is 4.98 Å². The minimum Gasteiger partial charge on any atom is -0.349 e. The van der Waals surface area contributed by atoms with Crippen molar-refractivity contribution in [2.75, 3.05) is 18.1 Å². The third kappa shape index (κ3) is 3.87. The van der Waals surface area contributed by atoms with Crippen LogP contribution in [-0.4, -0.2) is 34.1 Å². The van der Waals surface area contributed by atoms with Gasteiger partial charge in [0.25, 0.3) is 0 Å². The first-order valence-corrected chi connectivity index (χ1v) is 6.90. The average molecular weight is 225 g/mol. The molecule has 0 spiro atoms. The van der Waals surface area contributed by atoms with Gasteiger partial charge in [0.1, 0.15) is 5.82 Å². The molecule has 2 N–H and O–H groups in total. The molecule has 1 aliphatic heterocycles. The first-order chi connectivity index (χ1) is 7.45. The molecule has 2 heterocycles. The van der Waals surface area contributed by atoms with Gasteiger partial charge in [-0.2, -0.15) is 11.8 Å². The molecule has 4 heteroatoms. The van der Waals surface area contributed by atoms with Gasteiger partial charge in [0, 0.05) is 24.9 Å². The highest BCUT2D eigenvalue weighted by Crippen LogP contribution is 2.16. The predicted molar refractivity (Wildman–Crippen MR) is 65.3 cm³/mol. The maximum absolute atomic E-state index is 4.21. The summed E-state index contributed by atoms with van der Waals surface area (Å²) in [7, 11) is 0. The molecule has 3 nitrogen and oxygen atoms in total. The topological polar surface area (TPSA) is 40.7 Å². The van der Waals surface area contributed by atoms with Crippen molar-refractivity contribution < 1.29 is 0 Å². The highest BCUT2D eigenvalue weighted by Gasteiger charge is 2.11. The summed E-state index contributed by atoms with van der Waals surface area (Å²) in [6.07, 6.45) is 8.62. The number of hydrogen-bond acceptors (Lipinski definition) is 3. The summed E-state index contributed by atoms with van der Waals surface area (Å²) in [6, 6.07) is 0.767. The Kier molecular flexibility index (Phi) is 4.54. The molecule has 0 saturated carbocycles. The summed E-state index contributed by atoms with van der Waals surface area (Å²) in [5.41, 5.74) is 0. The van der Waals surface area contributed by atoms with Gasteiger partial charge >= 0.3 is 0 Å². The van der Waals surface area contributed by atoms with Crippen LogP contribution in [0.1, 0.15) is 25.1 Å². The Balaban J connectivity index is 1.54. The van der Waals surface area contributed by atoms with Crippen LogP contribution in [0.3, 0.4) is 0 Å². The van der Waals surface area contributed by atoms with Crippen LogP contribution in [-0.2, 0) is 6.42 Å². The first kappa shape index (κ1) is 11.0. The largest absolute Gasteiger partial charge is 0.349 e. The Morgan fingerprint density at radius 1 is 1.47 bits per heavy atom. The van der Waals surface area contributed by atoms with Crippen LogP contribution in [0.4, 0.5) is 0 Å². The molecule has 84 valence electrons. The molecule has 1 fully saturated rings. The highest BCUT2D eigenvalue weighted by atomic mass is 32.2. The molecule has 2 rings (SSSR count). The van der Waals surface area contributed by atoms with Crippen LogP contribution in [0.5, 0.6) is 0 Å². The van der Waals surface area contributed by atoms with Crippen molar-refractivity contribution in [2.45, 2.75) is 31.7 Å². The van der Waals surface area contributed by atoms with Crippen molar-refractivity contribution >= 4 is 11.8 Å². The molecule has 0 aliphatic carbocycles. The number of hydrogen-bond donors (Lipinski definition) is 2. The summed E-state index contributed by atoms with van der Waals surface area (Å²) in [5.74, 6) is 3.77. The summed E-state index contributed by atoms with van der Waals surface area (Å²) in [5, 5.41) is 3.63. The third-order valence-corrected chi connectivity index (χ3v) is 3.85. The molecule has 1 aromatic rings. The predicted octanol–water partition coefficient (Wildman–Crippen LogP) is 1.83. The number of aromatic nitrogens is 2. The van der Waals surface area contributed by atoms with Crippen molar-refractivity contribution in [2.24, 2.45) is 0 Å². The normalized spacial score (nSPS) is 18.1. The number of thioether (sulfide) groups is 1. The fourth-order valence-electron chi connectivity index (χ4n) is 1.90. The minimum absolute atomic E-state index is 0.767. The lowest BCUT2D eigenvalue weighted by molar-refractivity contribution is 0.476. The second-order valence-corrected chi connectivity index (χ2v) is 5.20. The van der Waals surface area contributed by atoms with Crippen molar-refractivity contribution in [3.8, 4) is 0 Å². The maximum Gasteiger partial charge on any atom is 0.106 e. The van der Waals surface area contributed by atoms with Crippen LogP contribution in [0.2, 0.25) is 0 Å². The monoisotopic (exact) mass is 225 g/mol. The van der Waals surface area contributed by atoms with Crippen LogP contribution < -0.4 is 5.32 Å². The minimum atomic E-state index is 0.767. The molecule has 1 aliphatic rings. The zero-order chi connectivity index (χ0) is 10.3. The van der Waals surface area contributed by atoms with E-state index in [0.29, 0.717) is 0 Å². The lowest BCUT2D eigenvalue weighted by Crippen LogP contribution is -2.33. The quantitative estimate of drug-likeness (QED) is 0.751. The third-order valence-electron chi connectivity index (χ3n) is 2.80. The molecule has 15 heavy (non-hydrogen) atoms. The maximum atomic E-state index is 4.21. The molecular formula is C11H19N3S. The van der Waals surface area contributed by atoms with Gasteiger partial charge in [0.2, 0.25) is 0 Å². The molecule has 0 atom stereocenters. The average Bonchev–Trinajstić information content (AvgIpc) is 2.79. The van der Waals surface area contributed by atoms with Gasteiger partial charge in [-0.1, -0.05) is 0 Å². The lowest BCUT2D eigenvalue weighted by atomic mass is 10.1. The molecular weight excluding hydrogens is 206 g/mol. The van der Waals surface area contributed by atoms with E-state index in [0.717, 1.165) is 24.8 Å². The van der Waals surface area contributed by atoms with Gasteiger partial charge in [0.15, 0.2) is 0 Å². The van der Waals surface area contributed by atoms with Crippen molar-refractivity contribution in [3.63, 3.8) is 0 Å². The molecule has 0 amide bonds.